The van der Waals surface area contributed by atoms with Gasteiger partial charge in [-0.3, -0.25) is 0 Å². The van der Waals surface area contributed by atoms with Gasteiger partial charge in [0.15, 0.2) is 0 Å². The van der Waals surface area contributed by atoms with Gasteiger partial charge in [-0.25, -0.2) is 8.78 Å². The molecule has 0 aromatic heterocycles. The van der Waals surface area contributed by atoms with Crippen LogP contribution < -0.4 is 5.73 Å². The Morgan fingerprint density at radius 2 is 1.88 bits per heavy atom. The van der Waals surface area contributed by atoms with Crippen molar-refractivity contribution in [2.24, 2.45) is 0 Å². The molecule has 0 saturated carbocycles. The predicted molar refractivity (Wildman–Crippen MR) is 62.6 cm³/mol. The molecule has 0 aliphatic carbocycles. The van der Waals surface area contributed by atoms with Crippen molar-refractivity contribution >= 4 is 17.4 Å². The number of unbranched alkanes of at least 4 members (excludes halogenated alkanes) is 1. The molecule has 2 N–H and O–H groups in total. The van der Waals surface area contributed by atoms with Gasteiger partial charge in [-0.05, 0) is 30.7 Å². The van der Waals surface area contributed by atoms with Gasteiger partial charge in [0.1, 0.15) is 11.6 Å². The lowest BCUT2D eigenvalue weighted by Gasteiger charge is -2.05. The minimum absolute atomic E-state index is 0.0478. The summed E-state index contributed by atoms with van der Waals surface area (Å²) in [7, 11) is 1.63. The fraction of sp³-hybridized carbons (Fsp3) is 0.455. The number of thioether (sulfide) groups is 1. The molecule has 0 unspecified atom stereocenters. The quantitative estimate of drug-likeness (QED) is 0.476. The summed E-state index contributed by atoms with van der Waals surface area (Å²) in [4.78, 5) is 0.0478. The summed E-state index contributed by atoms with van der Waals surface area (Å²) in [6, 6.07) is 2.28. The third-order valence-electron chi connectivity index (χ3n) is 2.01. The van der Waals surface area contributed by atoms with Gasteiger partial charge in [0, 0.05) is 19.4 Å². The maximum absolute atomic E-state index is 13.3. The van der Waals surface area contributed by atoms with Crippen LogP contribution in [0.15, 0.2) is 17.0 Å². The first-order valence-corrected chi connectivity index (χ1v) is 6.00. The average molecular weight is 247 g/mol. The standard InChI is InChI=1S/C11H15F2NOS/c1-15-4-2-3-5-16-11-9(12)6-8(14)7-10(11)13/h6-7H,2-5,14H2,1H3. The Morgan fingerprint density at radius 1 is 1.25 bits per heavy atom. The molecule has 0 aliphatic rings. The van der Waals surface area contributed by atoms with Gasteiger partial charge in [0.05, 0.1) is 4.90 Å². The van der Waals surface area contributed by atoms with Crippen molar-refractivity contribution in [3.05, 3.63) is 23.8 Å². The first kappa shape index (κ1) is 13.3. The fourth-order valence-electron chi connectivity index (χ4n) is 1.24. The number of benzene rings is 1. The maximum Gasteiger partial charge on any atom is 0.141 e. The highest BCUT2D eigenvalue weighted by Gasteiger charge is 2.10. The molecule has 1 aromatic rings. The number of hydrogen-bond acceptors (Lipinski definition) is 3. The van der Waals surface area contributed by atoms with E-state index in [2.05, 4.69) is 0 Å². The number of halogens is 2. The van der Waals surface area contributed by atoms with Crippen LogP contribution >= 0.6 is 11.8 Å². The zero-order valence-corrected chi connectivity index (χ0v) is 9.95. The van der Waals surface area contributed by atoms with Crippen molar-refractivity contribution in [2.75, 3.05) is 25.2 Å². The van der Waals surface area contributed by atoms with E-state index < -0.39 is 11.6 Å². The molecule has 1 aromatic carbocycles. The summed E-state index contributed by atoms with van der Waals surface area (Å²) in [6.07, 6.45) is 1.75. The first-order valence-electron chi connectivity index (χ1n) is 5.01. The Labute approximate surface area is 98.2 Å². The number of rotatable bonds is 6. The van der Waals surface area contributed by atoms with Gasteiger partial charge >= 0.3 is 0 Å². The Kier molecular flexibility index (Phi) is 5.55. The van der Waals surface area contributed by atoms with Crippen LogP contribution in [0.4, 0.5) is 14.5 Å². The molecule has 16 heavy (non-hydrogen) atoms. The summed E-state index contributed by atoms with van der Waals surface area (Å²) in [6.45, 7) is 0.674. The second-order valence-corrected chi connectivity index (χ2v) is 4.47. The van der Waals surface area contributed by atoms with Crippen molar-refractivity contribution in [3.63, 3.8) is 0 Å². The molecule has 0 radical (unpaired) electrons. The van der Waals surface area contributed by atoms with Crippen molar-refractivity contribution in [1.29, 1.82) is 0 Å². The average Bonchev–Trinajstić information content (AvgIpc) is 2.20. The van der Waals surface area contributed by atoms with Gasteiger partial charge in [-0.1, -0.05) is 0 Å². The largest absolute Gasteiger partial charge is 0.399 e. The minimum atomic E-state index is -0.589. The van der Waals surface area contributed by atoms with Crippen LogP contribution in [-0.2, 0) is 4.74 Å². The van der Waals surface area contributed by atoms with Crippen molar-refractivity contribution < 1.29 is 13.5 Å². The number of methoxy groups -OCH3 is 1. The molecular weight excluding hydrogens is 232 g/mol. The molecule has 0 bridgehead atoms. The summed E-state index contributed by atoms with van der Waals surface area (Å²) in [5.41, 5.74) is 5.43. The van der Waals surface area contributed by atoms with Crippen LogP contribution in [0, 0.1) is 11.6 Å². The van der Waals surface area contributed by atoms with Gasteiger partial charge < -0.3 is 10.5 Å². The van der Waals surface area contributed by atoms with Crippen molar-refractivity contribution in [1.82, 2.24) is 0 Å². The van der Waals surface area contributed by atoms with Crippen LogP contribution in [-0.4, -0.2) is 19.5 Å². The Balaban J connectivity index is 2.47. The summed E-state index contributed by atoms with van der Waals surface area (Å²) < 4.78 is 31.5. The van der Waals surface area contributed by atoms with Gasteiger partial charge in [-0.15, -0.1) is 11.8 Å². The lowest BCUT2D eigenvalue weighted by molar-refractivity contribution is 0.194. The summed E-state index contributed by atoms with van der Waals surface area (Å²) in [5.74, 6) is -0.510. The normalized spacial score (nSPS) is 10.7. The summed E-state index contributed by atoms with van der Waals surface area (Å²) in [5, 5.41) is 0. The highest BCUT2D eigenvalue weighted by Crippen LogP contribution is 2.27. The van der Waals surface area contributed by atoms with Crippen LogP contribution in [0.1, 0.15) is 12.8 Å². The van der Waals surface area contributed by atoms with E-state index in [1.165, 1.54) is 11.8 Å². The molecule has 90 valence electrons. The van der Waals surface area contributed by atoms with E-state index >= 15 is 0 Å². The fourth-order valence-corrected chi connectivity index (χ4v) is 2.19. The monoisotopic (exact) mass is 247 g/mol. The van der Waals surface area contributed by atoms with Gasteiger partial charge in [0.2, 0.25) is 0 Å². The Hall–Kier alpha value is -0.810. The smallest absolute Gasteiger partial charge is 0.141 e. The third kappa shape index (κ3) is 3.98. The van der Waals surface area contributed by atoms with E-state index in [0.717, 1.165) is 25.0 Å². The molecule has 0 fully saturated rings. The second kappa shape index (κ2) is 6.70. The molecule has 0 heterocycles. The van der Waals surface area contributed by atoms with Crippen LogP contribution in [0.3, 0.4) is 0 Å². The van der Waals surface area contributed by atoms with Gasteiger partial charge in [-0.2, -0.15) is 0 Å². The van der Waals surface area contributed by atoms with Crippen molar-refractivity contribution in [2.45, 2.75) is 17.7 Å². The minimum Gasteiger partial charge on any atom is -0.399 e. The molecular formula is C11H15F2NOS. The zero-order valence-electron chi connectivity index (χ0n) is 9.13. The second-order valence-electron chi connectivity index (χ2n) is 3.36. The maximum atomic E-state index is 13.3. The van der Waals surface area contributed by atoms with E-state index in [1.54, 1.807) is 7.11 Å². The van der Waals surface area contributed by atoms with E-state index in [1.807, 2.05) is 0 Å². The van der Waals surface area contributed by atoms with E-state index in [4.69, 9.17) is 10.5 Å². The molecule has 0 atom stereocenters. The molecule has 0 saturated heterocycles. The Morgan fingerprint density at radius 3 is 2.44 bits per heavy atom. The number of nitrogens with two attached hydrogens (primary N) is 1. The number of nitrogen functional groups attached to an aromatic ring is 1. The molecule has 0 aliphatic heterocycles. The number of anilines is 1. The van der Waals surface area contributed by atoms with Gasteiger partial charge in [0.25, 0.3) is 0 Å². The van der Waals surface area contributed by atoms with E-state index in [-0.39, 0.29) is 10.6 Å². The highest BCUT2D eigenvalue weighted by molar-refractivity contribution is 7.99. The lowest BCUT2D eigenvalue weighted by Crippen LogP contribution is -1.95. The van der Waals surface area contributed by atoms with E-state index in [0.29, 0.717) is 12.4 Å². The molecule has 0 spiro atoms. The topological polar surface area (TPSA) is 35.2 Å². The number of ether oxygens (including phenoxy) is 1. The third-order valence-corrected chi connectivity index (χ3v) is 3.18. The number of hydrogen-bond donors (Lipinski definition) is 1. The molecule has 5 heteroatoms. The predicted octanol–water partition coefficient (Wildman–Crippen LogP) is 3.07. The molecule has 0 amide bonds. The van der Waals surface area contributed by atoms with Crippen LogP contribution in [0.2, 0.25) is 0 Å². The Bertz CT molecular complexity index is 324. The molecule has 1 rings (SSSR count). The highest BCUT2D eigenvalue weighted by atomic mass is 32.2. The van der Waals surface area contributed by atoms with Crippen LogP contribution in [0.5, 0.6) is 0 Å². The SMILES string of the molecule is COCCCCSc1c(F)cc(N)cc1F. The van der Waals surface area contributed by atoms with Crippen molar-refractivity contribution in [3.8, 4) is 0 Å². The van der Waals surface area contributed by atoms with Crippen LogP contribution in [0.25, 0.3) is 0 Å². The summed E-state index contributed by atoms with van der Waals surface area (Å²) >= 11 is 1.17. The first-order chi connectivity index (χ1) is 7.65. The zero-order chi connectivity index (χ0) is 12.0. The van der Waals surface area contributed by atoms with E-state index in [9.17, 15) is 8.78 Å². The lowest BCUT2D eigenvalue weighted by atomic mass is 10.3. The molecule has 2 nitrogen and oxygen atoms in total.